The Labute approximate surface area is 131 Å². The summed E-state index contributed by atoms with van der Waals surface area (Å²) in [7, 11) is 1.68. The fourth-order valence-corrected chi connectivity index (χ4v) is 2.22. The van der Waals surface area contributed by atoms with Gasteiger partial charge in [0, 0.05) is 30.3 Å². The molecule has 0 unspecified atom stereocenters. The molecule has 2 rings (SSSR count). The van der Waals surface area contributed by atoms with E-state index in [1.54, 1.807) is 7.11 Å². The third kappa shape index (κ3) is 4.96. The molecule has 2 aromatic carbocycles. The van der Waals surface area contributed by atoms with Gasteiger partial charge in [-0.1, -0.05) is 29.8 Å². The van der Waals surface area contributed by atoms with Gasteiger partial charge in [0.25, 0.3) is 0 Å². The normalized spacial score (nSPS) is 10.4. The van der Waals surface area contributed by atoms with E-state index >= 15 is 0 Å². The minimum atomic E-state index is 0.759. The molecule has 0 atom stereocenters. The van der Waals surface area contributed by atoms with Crippen molar-refractivity contribution in [1.29, 1.82) is 0 Å². The first-order valence-electron chi connectivity index (χ1n) is 7.02. The zero-order valence-corrected chi connectivity index (χ0v) is 13.2. The average Bonchev–Trinajstić information content (AvgIpc) is 2.51. The third-order valence-electron chi connectivity index (χ3n) is 3.31. The second-order valence-corrected chi connectivity index (χ2v) is 5.35. The van der Waals surface area contributed by atoms with Gasteiger partial charge in [0.1, 0.15) is 5.75 Å². The largest absolute Gasteiger partial charge is 0.497 e. The first-order valence-corrected chi connectivity index (χ1v) is 7.40. The summed E-state index contributed by atoms with van der Waals surface area (Å²) in [6.07, 6.45) is 0. The lowest BCUT2D eigenvalue weighted by Gasteiger charge is -2.11. The second-order valence-electron chi connectivity index (χ2n) is 4.91. The molecule has 0 fully saturated rings. The first-order chi connectivity index (χ1) is 10.2. The molecule has 0 spiro atoms. The molecular weight excluding hydrogens is 284 g/mol. The van der Waals surface area contributed by atoms with Gasteiger partial charge in [-0.05, 0) is 42.3 Å². The number of hydrogen-bond donors (Lipinski definition) is 2. The van der Waals surface area contributed by atoms with Crippen molar-refractivity contribution in [1.82, 2.24) is 5.32 Å². The molecule has 0 aromatic heterocycles. The number of rotatable bonds is 7. The summed E-state index contributed by atoms with van der Waals surface area (Å²) in [4.78, 5) is 0. The van der Waals surface area contributed by atoms with Gasteiger partial charge in [0.15, 0.2) is 0 Å². The van der Waals surface area contributed by atoms with Crippen molar-refractivity contribution in [3.8, 4) is 5.75 Å². The molecular formula is C17H21ClN2O. The van der Waals surface area contributed by atoms with Gasteiger partial charge < -0.3 is 15.4 Å². The summed E-state index contributed by atoms with van der Waals surface area (Å²) < 4.78 is 5.14. The molecule has 0 radical (unpaired) electrons. The molecule has 3 nitrogen and oxygen atoms in total. The van der Waals surface area contributed by atoms with Gasteiger partial charge in [-0.2, -0.15) is 0 Å². The number of methoxy groups -OCH3 is 1. The van der Waals surface area contributed by atoms with Crippen molar-refractivity contribution >= 4 is 17.3 Å². The van der Waals surface area contributed by atoms with Crippen LogP contribution in [0.1, 0.15) is 11.1 Å². The van der Waals surface area contributed by atoms with Gasteiger partial charge in [0.05, 0.1) is 7.11 Å². The van der Waals surface area contributed by atoms with Crippen LogP contribution in [0.15, 0.2) is 42.5 Å². The van der Waals surface area contributed by atoms with Crippen LogP contribution in [0.4, 0.5) is 5.69 Å². The van der Waals surface area contributed by atoms with Gasteiger partial charge in [-0.15, -0.1) is 0 Å². The van der Waals surface area contributed by atoms with Crippen molar-refractivity contribution in [3.05, 3.63) is 58.6 Å². The predicted octanol–water partition coefficient (Wildman–Crippen LogP) is 3.86. The molecule has 0 aliphatic carbocycles. The summed E-state index contributed by atoms with van der Waals surface area (Å²) in [6.45, 7) is 4.67. The number of ether oxygens (including phenoxy) is 1. The van der Waals surface area contributed by atoms with Crippen molar-refractivity contribution in [2.24, 2.45) is 0 Å². The maximum absolute atomic E-state index is 6.00. The van der Waals surface area contributed by atoms with Gasteiger partial charge in [0.2, 0.25) is 0 Å². The Kier molecular flexibility index (Phi) is 5.90. The topological polar surface area (TPSA) is 33.3 Å². The lowest BCUT2D eigenvalue weighted by molar-refractivity contribution is 0.414. The highest BCUT2D eigenvalue weighted by molar-refractivity contribution is 6.30. The van der Waals surface area contributed by atoms with Gasteiger partial charge in [-0.25, -0.2) is 0 Å². The maximum Gasteiger partial charge on any atom is 0.118 e. The van der Waals surface area contributed by atoms with E-state index in [1.165, 1.54) is 11.1 Å². The van der Waals surface area contributed by atoms with E-state index in [-0.39, 0.29) is 0 Å². The fourth-order valence-electron chi connectivity index (χ4n) is 2.05. The van der Waals surface area contributed by atoms with Crippen LogP contribution in [0.2, 0.25) is 5.02 Å². The van der Waals surface area contributed by atoms with Crippen molar-refractivity contribution in [2.75, 3.05) is 25.5 Å². The number of aryl methyl sites for hydroxylation is 1. The minimum Gasteiger partial charge on any atom is -0.497 e. The SMILES string of the molecule is COc1ccc(CNCCNc2cc(Cl)ccc2C)cc1. The molecule has 0 aliphatic rings. The van der Waals surface area contributed by atoms with Gasteiger partial charge >= 0.3 is 0 Å². The van der Waals surface area contributed by atoms with Crippen molar-refractivity contribution in [3.63, 3.8) is 0 Å². The highest BCUT2D eigenvalue weighted by atomic mass is 35.5. The lowest BCUT2D eigenvalue weighted by atomic mass is 10.2. The zero-order chi connectivity index (χ0) is 15.1. The molecule has 0 heterocycles. The van der Waals surface area contributed by atoms with Crippen LogP contribution in [-0.4, -0.2) is 20.2 Å². The lowest BCUT2D eigenvalue weighted by Crippen LogP contribution is -2.22. The van der Waals surface area contributed by atoms with Crippen LogP contribution in [0.3, 0.4) is 0 Å². The van der Waals surface area contributed by atoms with Gasteiger partial charge in [-0.3, -0.25) is 0 Å². The quantitative estimate of drug-likeness (QED) is 0.762. The molecule has 2 aromatic rings. The number of nitrogens with one attached hydrogen (secondary N) is 2. The van der Waals surface area contributed by atoms with Crippen LogP contribution in [0.5, 0.6) is 5.75 Å². The Morgan fingerprint density at radius 2 is 1.81 bits per heavy atom. The molecule has 21 heavy (non-hydrogen) atoms. The molecule has 0 aliphatic heterocycles. The number of benzene rings is 2. The third-order valence-corrected chi connectivity index (χ3v) is 3.54. The van der Waals surface area contributed by atoms with Crippen LogP contribution >= 0.6 is 11.6 Å². The maximum atomic E-state index is 6.00. The summed E-state index contributed by atoms with van der Waals surface area (Å²) in [5.74, 6) is 0.886. The first kappa shape index (κ1) is 15.7. The summed E-state index contributed by atoms with van der Waals surface area (Å²) in [6, 6.07) is 14.0. The number of anilines is 1. The Bertz CT molecular complexity index is 570. The molecule has 4 heteroatoms. The fraction of sp³-hybridized carbons (Fsp3) is 0.294. The van der Waals surface area contributed by atoms with E-state index in [0.717, 1.165) is 36.1 Å². The van der Waals surface area contributed by atoms with E-state index in [1.807, 2.05) is 30.3 Å². The van der Waals surface area contributed by atoms with E-state index in [4.69, 9.17) is 16.3 Å². The Balaban J connectivity index is 1.71. The molecule has 0 saturated heterocycles. The Hall–Kier alpha value is -1.71. The summed E-state index contributed by atoms with van der Waals surface area (Å²) >= 11 is 6.00. The molecule has 0 bridgehead atoms. The Morgan fingerprint density at radius 3 is 2.52 bits per heavy atom. The molecule has 0 amide bonds. The zero-order valence-electron chi connectivity index (χ0n) is 12.4. The highest BCUT2D eigenvalue weighted by Crippen LogP contribution is 2.19. The standard InChI is InChI=1S/C17H21ClN2O/c1-13-3-6-15(18)11-17(13)20-10-9-19-12-14-4-7-16(21-2)8-5-14/h3-8,11,19-20H,9-10,12H2,1-2H3. The van der Waals surface area contributed by atoms with Crippen molar-refractivity contribution in [2.45, 2.75) is 13.5 Å². The second kappa shape index (κ2) is 7.91. The smallest absolute Gasteiger partial charge is 0.118 e. The van der Waals surface area contributed by atoms with E-state index < -0.39 is 0 Å². The van der Waals surface area contributed by atoms with Crippen LogP contribution in [0, 0.1) is 6.92 Å². The highest BCUT2D eigenvalue weighted by Gasteiger charge is 1.99. The monoisotopic (exact) mass is 304 g/mol. The molecule has 0 saturated carbocycles. The minimum absolute atomic E-state index is 0.759. The predicted molar refractivity (Wildman–Crippen MR) is 89.4 cm³/mol. The van der Waals surface area contributed by atoms with Crippen LogP contribution in [-0.2, 0) is 6.54 Å². The Morgan fingerprint density at radius 1 is 1.05 bits per heavy atom. The van der Waals surface area contributed by atoms with E-state index in [2.05, 4.69) is 29.7 Å². The van der Waals surface area contributed by atoms with E-state index in [0.29, 0.717) is 0 Å². The average molecular weight is 305 g/mol. The van der Waals surface area contributed by atoms with Crippen molar-refractivity contribution < 1.29 is 4.74 Å². The van der Waals surface area contributed by atoms with Crippen LogP contribution < -0.4 is 15.4 Å². The molecule has 2 N–H and O–H groups in total. The number of halogens is 1. The number of hydrogen-bond acceptors (Lipinski definition) is 3. The molecule has 112 valence electrons. The van der Waals surface area contributed by atoms with E-state index in [9.17, 15) is 0 Å². The van der Waals surface area contributed by atoms with Crippen LogP contribution in [0.25, 0.3) is 0 Å². The summed E-state index contributed by atoms with van der Waals surface area (Å²) in [5, 5.41) is 7.56. The summed E-state index contributed by atoms with van der Waals surface area (Å²) in [5.41, 5.74) is 3.54.